The molecule has 4 rings (SSSR count). The number of amides is 1. The average Bonchev–Trinajstić information content (AvgIpc) is 2.83. The molecule has 0 saturated carbocycles. The van der Waals surface area contributed by atoms with Crippen LogP contribution < -0.4 is 4.90 Å². The smallest absolute Gasteiger partial charge is 0.222 e. The van der Waals surface area contributed by atoms with Crippen molar-refractivity contribution >= 4 is 22.6 Å². The van der Waals surface area contributed by atoms with Crippen molar-refractivity contribution in [2.45, 2.75) is 53.1 Å². The first kappa shape index (κ1) is 25.4. The van der Waals surface area contributed by atoms with E-state index in [0.29, 0.717) is 30.9 Å². The van der Waals surface area contributed by atoms with Crippen LogP contribution in [0.2, 0.25) is 0 Å². The summed E-state index contributed by atoms with van der Waals surface area (Å²) in [6.45, 7) is 10.0. The van der Waals surface area contributed by atoms with Crippen LogP contribution in [0.3, 0.4) is 0 Å². The molecule has 2 heterocycles. The number of nitrogens with zero attached hydrogens (tertiary/aromatic N) is 4. The lowest BCUT2D eigenvalue weighted by molar-refractivity contribution is -0.131. The largest absolute Gasteiger partial charge is 0.507 e. The summed E-state index contributed by atoms with van der Waals surface area (Å²) in [5.74, 6) is 1.79. The summed E-state index contributed by atoms with van der Waals surface area (Å²) in [5.41, 5.74) is 2.71. The molecule has 1 aliphatic rings. The zero-order valence-electron chi connectivity index (χ0n) is 20.6. The van der Waals surface area contributed by atoms with Gasteiger partial charge in [0.25, 0.3) is 0 Å². The van der Waals surface area contributed by atoms with Crippen molar-refractivity contribution in [2.24, 2.45) is 0 Å². The SMILES string of the molecule is CC(C)F.CCCC(=O)N1CCN(c2nc(-c3ccccc3O)nc3cc(CC)ccc23)CC1. The second-order valence-corrected chi connectivity index (χ2v) is 8.72. The van der Waals surface area contributed by atoms with Gasteiger partial charge in [-0.15, -0.1) is 0 Å². The highest BCUT2D eigenvalue weighted by Gasteiger charge is 2.24. The van der Waals surface area contributed by atoms with Crippen LogP contribution in [0.5, 0.6) is 5.75 Å². The number of para-hydroxylation sites is 1. The van der Waals surface area contributed by atoms with Gasteiger partial charge in [0.2, 0.25) is 5.91 Å². The number of piperazine rings is 1. The number of aromatic nitrogens is 2. The molecule has 1 N–H and O–H groups in total. The Labute approximate surface area is 201 Å². The van der Waals surface area contributed by atoms with Crippen LogP contribution in [0.25, 0.3) is 22.3 Å². The first-order valence-corrected chi connectivity index (χ1v) is 12.1. The van der Waals surface area contributed by atoms with Gasteiger partial charge >= 0.3 is 0 Å². The molecule has 0 spiro atoms. The van der Waals surface area contributed by atoms with Gasteiger partial charge in [-0.3, -0.25) is 4.79 Å². The van der Waals surface area contributed by atoms with Crippen molar-refractivity contribution in [3.05, 3.63) is 48.0 Å². The number of phenols is 1. The van der Waals surface area contributed by atoms with Crippen LogP contribution in [0.15, 0.2) is 42.5 Å². The molecule has 0 aliphatic carbocycles. The quantitative estimate of drug-likeness (QED) is 0.547. The Kier molecular flexibility index (Phi) is 8.79. The van der Waals surface area contributed by atoms with Crippen molar-refractivity contribution < 1.29 is 14.3 Å². The molecular weight excluding hydrogens is 431 g/mol. The molecule has 7 heteroatoms. The van der Waals surface area contributed by atoms with E-state index in [0.717, 1.165) is 42.7 Å². The number of aromatic hydroxyl groups is 1. The van der Waals surface area contributed by atoms with Crippen molar-refractivity contribution in [1.82, 2.24) is 14.9 Å². The fraction of sp³-hybridized carbons (Fsp3) is 0.444. The maximum Gasteiger partial charge on any atom is 0.222 e. The molecule has 2 aromatic carbocycles. The molecule has 34 heavy (non-hydrogen) atoms. The molecule has 6 nitrogen and oxygen atoms in total. The van der Waals surface area contributed by atoms with Gasteiger partial charge in [-0.05, 0) is 56.5 Å². The standard InChI is InChI=1S/C24H28N4O2.C3H7F/c1-3-7-22(30)27-12-14-28(15-13-27)24-18-11-10-17(4-2)16-20(18)25-23(26-24)19-8-5-6-9-21(19)29;1-3(2)4/h5-6,8-11,16,29H,3-4,7,12-15H2,1-2H3;3H,1-2H3. The lowest BCUT2D eigenvalue weighted by Crippen LogP contribution is -2.49. The predicted octanol–water partition coefficient (Wildman–Crippen LogP) is 5.38. The van der Waals surface area contributed by atoms with Gasteiger partial charge in [0, 0.05) is 38.0 Å². The van der Waals surface area contributed by atoms with Gasteiger partial charge in [-0.25, -0.2) is 14.4 Å². The van der Waals surface area contributed by atoms with E-state index < -0.39 is 6.17 Å². The highest BCUT2D eigenvalue weighted by molar-refractivity contribution is 5.92. The summed E-state index contributed by atoms with van der Waals surface area (Å²) >= 11 is 0. The number of carbonyl (C=O) groups is 1. The van der Waals surface area contributed by atoms with Crippen molar-refractivity contribution in [3.8, 4) is 17.1 Å². The maximum atomic E-state index is 12.3. The average molecular weight is 467 g/mol. The van der Waals surface area contributed by atoms with E-state index in [1.807, 2.05) is 24.0 Å². The van der Waals surface area contributed by atoms with Crippen molar-refractivity contribution in [3.63, 3.8) is 0 Å². The van der Waals surface area contributed by atoms with Crippen molar-refractivity contribution in [2.75, 3.05) is 31.1 Å². The number of hydrogen-bond donors (Lipinski definition) is 1. The summed E-state index contributed by atoms with van der Waals surface area (Å²) in [6.07, 6.45) is 1.74. The highest BCUT2D eigenvalue weighted by atomic mass is 19.1. The summed E-state index contributed by atoms with van der Waals surface area (Å²) in [5, 5.41) is 11.3. The van der Waals surface area contributed by atoms with Gasteiger partial charge in [-0.1, -0.05) is 32.0 Å². The molecule has 0 unspecified atom stereocenters. The van der Waals surface area contributed by atoms with E-state index in [4.69, 9.17) is 9.97 Å². The lowest BCUT2D eigenvalue weighted by Gasteiger charge is -2.36. The van der Waals surface area contributed by atoms with Gasteiger partial charge < -0.3 is 14.9 Å². The molecule has 1 aromatic heterocycles. The Morgan fingerprint density at radius 2 is 1.74 bits per heavy atom. The summed E-state index contributed by atoms with van der Waals surface area (Å²) < 4.78 is 11.0. The number of anilines is 1. The number of benzene rings is 2. The van der Waals surface area contributed by atoms with E-state index in [9.17, 15) is 14.3 Å². The van der Waals surface area contributed by atoms with Crippen LogP contribution in [-0.2, 0) is 11.2 Å². The number of fused-ring (bicyclic) bond motifs is 1. The van der Waals surface area contributed by atoms with Gasteiger partial charge in [0.05, 0.1) is 17.3 Å². The Hall–Kier alpha value is -3.22. The van der Waals surface area contributed by atoms with Crippen LogP contribution in [0.4, 0.5) is 10.2 Å². The molecule has 0 bridgehead atoms. The molecule has 1 aliphatic heterocycles. The first-order chi connectivity index (χ1) is 16.3. The topological polar surface area (TPSA) is 69.6 Å². The third-order valence-electron chi connectivity index (χ3n) is 5.69. The molecule has 1 amide bonds. The second kappa shape index (κ2) is 11.8. The number of phenolic OH excluding ortho intramolecular Hbond substituents is 1. The minimum Gasteiger partial charge on any atom is -0.507 e. The molecule has 182 valence electrons. The molecule has 0 radical (unpaired) electrons. The van der Waals surface area contributed by atoms with E-state index in [-0.39, 0.29) is 11.7 Å². The summed E-state index contributed by atoms with van der Waals surface area (Å²) in [4.78, 5) is 26.1. The zero-order chi connectivity index (χ0) is 24.7. The fourth-order valence-corrected chi connectivity index (χ4v) is 3.94. The van der Waals surface area contributed by atoms with E-state index in [1.54, 1.807) is 12.1 Å². The number of carbonyl (C=O) groups excluding carboxylic acids is 1. The lowest BCUT2D eigenvalue weighted by atomic mass is 10.1. The first-order valence-electron chi connectivity index (χ1n) is 12.1. The third kappa shape index (κ3) is 6.22. The zero-order valence-corrected chi connectivity index (χ0v) is 20.6. The highest BCUT2D eigenvalue weighted by Crippen LogP contribution is 2.32. The fourth-order valence-electron chi connectivity index (χ4n) is 3.94. The minimum absolute atomic E-state index is 0.171. The second-order valence-electron chi connectivity index (χ2n) is 8.72. The van der Waals surface area contributed by atoms with Crippen LogP contribution in [0.1, 0.15) is 46.1 Å². The number of halogens is 1. The minimum atomic E-state index is -0.667. The maximum absolute atomic E-state index is 12.3. The molecule has 1 fully saturated rings. The van der Waals surface area contributed by atoms with E-state index in [2.05, 4.69) is 30.0 Å². The number of rotatable bonds is 5. The summed E-state index contributed by atoms with van der Waals surface area (Å²) in [7, 11) is 0. The summed E-state index contributed by atoms with van der Waals surface area (Å²) in [6, 6.07) is 13.5. The number of hydrogen-bond acceptors (Lipinski definition) is 5. The Balaban J connectivity index is 0.000000751. The normalized spacial score (nSPS) is 13.7. The Morgan fingerprint density at radius 3 is 2.35 bits per heavy atom. The van der Waals surface area contributed by atoms with Crippen LogP contribution in [-0.4, -0.2) is 58.2 Å². The van der Waals surface area contributed by atoms with Crippen LogP contribution in [0, 0.1) is 0 Å². The third-order valence-corrected chi connectivity index (χ3v) is 5.69. The van der Waals surface area contributed by atoms with Crippen LogP contribution >= 0.6 is 0 Å². The van der Waals surface area contributed by atoms with Gasteiger partial charge in [-0.2, -0.15) is 0 Å². The van der Waals surface area contributed by atoms with Gasteiger partial charge in [0.1, 0.15) is 11.6 Å². The number of aryl methyl sites for hydroxylation is 1. The van der Waals surface area contributed by atoms with E-state index in [1.165, 1.54) is 19.4 Å². The van der Waals surface area contributed by atoms with Crippen molar-refractivity contribution in [1.29, 1.82) is 0 Å². The molecule has 3 aromatic rings. The predicted molar refractivity (Wildman–Crippen MR) is 136 cm³/mol. The Bertz CT molecular complexity index is 1110. The molecule has 0 atom stereocenters. The Morgan fingerprint density at radius 1 is 1.06 bits per heavy atom. The van der Waals surface area contributed by atoms with E-state index >= 15 is 0 Å². The molecular formula is C27H35FN4O2. The molecule has 1 saturated heterocycles. The monoisotopic (exact) mass is 466 g/mol. The van der Waals surface area contributed by atoms with Gasteiger partial charge in [0.15, 0.2) is 5.82 Å². The number of alkyl halides is 1.